The summed E-state index contributed by atoms with van der Waals surface area (Å²) in [5.41, 5.74) is 2.57. The van der Waals surface area contributed by atoms with Gasteiger partial charge >= 0.3 is 6.18 Å². The fraction of sp³-hybridized carbons (Fsp3) is 0.0870. The molecule has 0 aliphatic carbocycles. The third-order valence-electron chi connectivity index (χ3n) is 4.71. The number of phenols is 1. The number of para-hydroxylation sites is 2. The van der Waals surface area contributed by atoms with Gasteiger partial charge in [-0.3, -0.25) is 4.98 Å². The molecule has 0 spiro atoms. The molecule has 0 saturated heterocycles. The molecule has 5 heteroatoms. The van der Waals surface area contributed by atoms with Crippen LogP contribution in [0.1, 0.15) is 11.1 Å². The Morgan fingerprint density at radius 3 is 2.32 bits per heavy atom. The largest absolute Gasteiger partial charge is 0.507 e. The maximum Gasteiger partial charge on any atom is 0.418 e. The summed E-state index contributed by atoms with van der Waals surface area (Å²) in [6.45, 7) is 1.94. The average Bonchev–Trinajstić information content (AvgIpc) is 2.66. The molecule has 0 aliphatic heterocycles. The molecule has 4 aromatic rings. The molecule has 0 atom stereocenters. The lowest BCUT2D eigenvalue weighted by Crippen LogP contribution is -2.07. The Balaban J connectivity index is 2.14. The lowest BCUT2D eigenvalue weighted by atomic mass is 9.90. The zero-order valence-corrected chi connectivity index (χ0v) is 15.0. The first-order chi connectivity index (χ1) is 13.4. The minimum atomic E-state index is -4.52. The van der Waals surface area contributed by atoms with Crippen LogP contribution in [0.25, 0.3) is 33.2 Å². The number of halogens is 3. The van der Waals surface area contributed by atoms with E-state index in [9.17, 15) is 18.3 Å². The summed E-state index contributed by atoms with van der Waals surface area (Å²) in [6.07, 6.45) is -3.07. The van der Waals surface area contributed by atoms with Gasteiger partial charge in [-0.05, 0) is 24.6 Å². The van der Waals surface area contributed by atoms with E-state index in [1.165, 1.54) is 18.3 Å². The number of aryl methyl sites for hydroxylation is 1. The van der Waals surface area contributed by atoms with Crippen LogP contribution < -0.4 is 0 Å². The molecule has 0 unspecified atom stereocenters. The van der Waals surface area contributed by atoms with Crippen molar-refractivity contribution in [2.75, 3.05) is 0 Å². The normalized spacial score (nSPS) is 11.7. The first-order valence-corrected chi connectivity index (χ1v) is 8.70. The summed E-state index contributed by atoms with van der Waals surface area (Å²) in [7, 11) is 0. The molecule has 0 saturated carbocycles. The number of hydrogen-bond acceptors (Lipinski definition) is 2. The topological polar surface area (TPSA) is 33.1 Å². The van der Waals surface area contributed by atoms with E-state index < -0.39 is 11.7 Å². The van der Waals surface area contributed by atoms with Crippen molar-refractivity contribution in [1.29, 1.82) is 0 Å². The number of pyridine rings is 1. The number of hydrogen-bond donors (Lipinski definition) is 1. The highest BCUT2D eigenvalue weighted by Crippen LogP contribution is 2.43. The van der Waals surface area contributed by atoms with Crippen molar-refractivity contribution in [2.24, 2.45) is 0 Å². The van der Waals surface area contributed by atoms with E-state index in [1.807, 2.05) is 31.2 Å². The van der Waals surface area contributed by atoms with Gasteiger partial charge in [0.05, 0.1) is 11.1 Å². The van der Waals surface area contributed by atoms with E-state index in [4.69, 9.17) is 0 Å². The summed E-state index contributed by atoms with van der Waals surface area (Å²) < 4.78 is 40.6. The summed E-state index contributed by atoms with van der Waals surface area (Å²) in [4.78, 5) is 4.17. The van der Waals surface area contributed by atoms with Gasteiger partial charge in [-0.2, -0.15) is 13.2 Å². The Hall–Kier alpha value is -3.34. The fourth-order valence-corrected chi connectivity index (χ4v) is 3.46. The van der Waals surface area contributed by atoms with Gasteiger partial charge in [0.1, 0.15) is 5.75 Å². The minimum absolute atomic E-state index is 0.00122. The SMILES string of the molecule is Cc1cccc(-c2cnc3c(C(F)(F)F)cccc3c2-c2ccccc2O)c1. The predicted molar refractivity (Wildman–Crippen MR) is 104 cm³/mol. The Kier molecular flexibility index (Phi) is 4.30. The van der Waals surface area contributed by atoms with Gasteiger partial charge in [0.15, 0.2) is 0 Å². The van der Waals surface area contributed by atoms with Crippen LogP contribution in [0.4, 0.5) is 13.2 Å². The van der Waals surface area contributed by atoms with Crippen LogP contribution in [-0.4, -0.2) is 10.1 Å². The molecule has 140 valence electrons. The molecule has 3 aromatic carbocycles. The fourth-order valence-electron chi connectivity index (χ4n) is 3.46. The highest BCUT2D eigenvalue weighted by molar-refractivity contribution is 6.04. The highest BCUT2D eigenvalue weighted by atomic mass is 19.4. The quantitative estimate of drug-likeness (QED) is 0.425. The number of phenolic OH excluding ortho intramolecular Hbond substituents is 1. The summed E-state index contributed by atoms with van der Waals surface area (Å²) in [6, 6.07) is 18.3. The standard InChI is InChI=1S/C23H16F3NO/c1-14-6-4-7-15(12-14)18-13-27-22-17(9-5-10-19(22)23(24,25)26)21(18)16-8-2-3-11-20(16)28/h2-13,28H,1H3. The molecule has 0 bridgehead atoms. The van der Waals surface area contributed by atoms with E-state index in [2.05, 4.69) is 4.98 Å². The number of aromatic hydroxyl groups is 1. The molecule has 2 nitrogen and oxygen atoms in total. The van der Waals surface area contributed by atoms with Crippen LogP contribution in [0, 0.1) is 6.92 Å². The molecule has 1 aromatic heterocycles. The average molecular weight is 379 g/mol. The van der Waals surface area contributed by atoms with Gasteiger partial charge in [-0.1, -0.05) is 60.2 Å². The molecule has 0 radical (unpaired) electrons. The van der Waals surface area contributed by atoms with Crippen molar-refractivity contribution in [2.45, 2.75) is 13.1 Å². The van der Waals surface area contributed by atoms with Gasteiger partial charge in [-0.25, -0.2) is 0 Å². The van der Waals surface area contributed by atoms with E-state index in [0.717, 1.165) is 17.2 Å². The number of aromatic nitrogens is 1. The molecule has 1 heterocycles. The number of fused-ring (bicyclic) bond motifs is 1. The van der Waals surface area contributed by atoms with Crippen molar-refractivity contribution in [3.8, 4) is 28.0 Å². The molecular weight excluding hydrogens is 363 g/mol. The maximum absolute atomic E-state index is 13.5. The first kappa shape index (κ1) is 18.0. The molecule has 4 rings (SSSR count). The lowest BCUT2D eigenvalue weighted by Gasteiger charge is -2.17. The van der Waals surface area contributed by atoms with Crippen LogP contribution in [0.5, 0.6) is 5.75 Å². The highest BCUT2D eigenvalue weighted by Gasteiger charge is 2.33. The molecule has 0 fully saturated rings. The number of alkyl halides is 3. The van der Waals surface area contributed by atoms with Gasteiger partial charge < -0.3 is 5.11 Å². The number of benzene rings is 3. The molecule has 0 amide bonds. The number of rotatable bonds is 2. The second kappa shape index (κ2) is 6.68. The third kappa shape index (κ3) is 3.09. The Bertz CT molecular complexity index is 1180. The smallest absolute Gasteiger partial charge is 0.418 e. The maximum atomic E-state index is 13.5. The van der Waals surface area contributed by atoms with Crippen molar-refractivity contribution >= 4 is 10.9 Å². The van der Waals surface area contributed by atoms with E-state index in [0.29, 0.717) is 22.1 Å². The Morgan fingerprint density at radius 1 is 0.857 bits per heavy atom. The monoisotopic (exact) mass is 379 g/mol. The third-order valence-corrected chi connectivity index (χ3v) is 4.71. The lowest BCUT2D eigenvalue weighted by molar-refractivity contribution is -0.136. The van der Waals surface area contributed by atoms with Gasteiger partial charge in [0, 0.05) is 28.3 Å². The second-order valence-electron chi connectivity index (χ2n) is 6.63. The van der Waals surface area contributed by atoms with Crippen LogP contribution in [-0.2, 0) is 6.18 Å². The summed E-state index contributed by atoms with van der Waals surface area (Å²) >= 11 is 0. The predicted octanol–water partition coefficient (Wildman–Crippen LogP) is 6.60. The zero-order valence-electron chi connectivity index (χ0n) is 15.0. The Labute approximate surface area is 159 Å². The van der Waals surface area contributed by atoms with Crippen LogP contribution in [0.3, 0.4) is 0 Å². The molecule has 0 aliphatic rings. The van der Waals surface area contributed by atoms with Gasteiger partial charge in [0.2, 0.25) is 0 Å². The van der Waals surface area contributed by atoms with E-state index in [1.54, 1.807) is 24.3 Å². The molecule has 1 N–H and O–H groups in total. The van der Waals surface area contributed by atoms with Crippen LogP contribution in [0.15, 0.2) is 72.9 Å². The van der Waals surface area contributed by atoms with E-state index in [-0.39, 0.29) is 11.3 Å². The zero-order chi connectivity index (χ0) is 19.9. The van der Waals surface area contributed by atoms with Crippen molar-refractivity contribution in [3.05, 3.63) is 84.1 Å². The van der Waals surface area contributed by atoms with Crippen molar-refractivity contribution < 1.29 is 18.3 Å². The molecule has 28 heavy (non-hydrogen) atoms. The summed E-state index contributed by atoms with van der Waals surface area (Å²) in [5, 5.41) is 10.8. The van der Waals surface area contributed by atoms with E-state index >= 15 is 0 Å². The van der Waals surface area contributed by atoms with Crippen molar-refractivity contribution in [1.82, 2.24) is 4.98 Å². The number of nitrogens with zero attached hydrogens (tertiary/aromatic N) is 1. The summed E-state index contributed by atoms with van der Waals surface area (Å²) in [5.74, 6) is 0.00122. The first-order valence-electron chi connectivity index (χ1n) is 8.70. The van der Waals surface area contributed by atoms with Gasteiger partial charge in [-0.15, -0.1) is 0 Å². The molecular formula is C23H16F3NO. The van der Waals surface area contributed by atoms with Crippen molar-refractivity contribution in [3.63, 3.8) is 0 Å². The van der Waals surface area contributed by atoms with Gasteiger partial charge in [0.25, 0.3) is 0 Å². The Morgan fingerprint density at radius 2 is 1.61 bits per heavy atom. The van der Waals surface area contributed by atoms with Crippen LogP contribution >= 0.6 is 0 Å². The second-order valence-corrected chi connectivity index (χ2v) is 6.63. The minimum Gasteiger partial charge on any atom is -0.507 e. The van der Waals surface area contributed by atoms with Crippen LogP contribution in [0.2, 0.25) is 0 Å².